The third-order valence-electron chi connectivity index (χ3n) is 2.86. The molecule has 7 heteroatoms. The van der Waals surface area contributed by atoms with E-state index in [1.807, 2.05) is 0 Å². The predicted molar refractivity (Wildman–Crippen MR) is 75.5 cm³/mol. The molecule has 20 heavy (non-hydrogen) atoms. The van der Waals surface area contributed by atoms with Crippen LogP contribution in [0.1, 0.15) is 23.0 Å². The number of aryl methyl sites for hydroxylation is 1. The number of rotatable bonds is 5. The first-order valence-electron chi connectivity index (χ1n) is 6.22. The highest BCUT2D eigenvalue weighted by molar-refractivity contribution is 7.90. The third-order valence-corrected chi connectivity index (χ3v) is 3.81. The molecule has 0 aromatic carbocycles. The zero-order chi connectivity index (χ0) is 14.8. The van der Waals surface area contributed by atoms with E-state index in [1.54, 1.807) is 25.3 Å². The first kappa shape index (κ1) is 14.5. The molecule has 2 rings (SSSR count). The molecule has 0 aliphatic rings. The van der Waals surface area contributed by atoms with E-state index in [9.17, 15) is 13.2 Å². The van der Waals surface area contributed by atoms with Gasteiger partial charge in [-0.05, 0) is 31.0 Å². The number of aromatic nitrogens is 2. The van der Waals surface area contributed by atoms with E-state index in [4.69, 9.17) is 4.74 Å². The number of ether oxygens (including phenoxy) is 1. The van der Waals surface area contributed by atoms with Crippen molar-refractivity contribution in [2.45, 2.75) is 13.3 Å². The lowest BCUT2D eigenvalue weighted by Crippen LogP contribution is -2.06. The standard InChI is InChI=1S/C13H16N2O4S/c1-3-19-13(16)11-8-10-9(5-7-20(2,17)18)4-6-14-12(10)15-11/h4,6,8H,3,5,7H2,1-2H3,(H,14,15). The van der Waals surface area contributed by atoms with Crippen LogP contribution in [0.3, 0.4) is 0 Å². The Bertz CT molecular complexity index is 734. The number of sulfone groups is 1. The lowest BCUT2D eigenvalue weighted by atomic mass is 10.1. The van der Waals surface area contributed by atoms with Gasteiger partial charge in [-0.3, -0.25) is 0 Å². The Labute approximate surface area is 117 Å². The topological polar surface area (TPSA) is 89.1 Å². The number of fused-ring (bicyclic) bond motifs is 1. The lowest BCUT2D eigenvalue weighted by molar-refractivity contribution is 0.0520. The molecular weight excluding hydrogens is 280 g/mol. The first-order valence-corrected chi connectivity index (χ1v) is 8.28. The van der Waals surface area contributed by atoms with Crippen LogP contribution in [0.4, 0.5) is 0 Å². The predicted octanol–water partition coefficient (Wildman–Crippen LogP) is 1.33. The van der Waals surface area contributed by atoms with Crippen LogP contribution in [0.25, 0.3) is 11.0 Å². The summed E-state index contributed by atoms with van der Waals surface area (Å²) in [5.41, 5.74) is 1.72. The van der Waals surface area contributed by atoms with Crippen LogP contribution in [-0.4, -0.2) is 43.0 Å². The maximum absolute atomic E-state index is 11.7. The van der Waals surface area contributed by atoms with Crippen LogP contribution >= 0.6 is 0 Å². The highest BCUT2D eigenvalue weighted by Gasteiger charge is 2.14. The Kier molecular flexibility index (Phi) is 4.08. The molecule has 0 aliphatic heterocycles. The number of carbonyl (C=O) groups excluding carboxylic acids is 1. The molecule has 0 saturated carbocycles. The maximum atomic E-state index is 11.7. The fourth-order valence-electron chi connectivity index (χ4n) is 1.91. The van der Waals surface area contributed by atoms with E-state index in [2.05, 4.69) is 9.97 Å². The van der Waals surface area contributed by atoms with Crippen molar-refractivity contribution in [3.63, 3.8) is 0 Å². The minimum absolute atomic E-state index is 0.0615. The molecule has 2 aromatic rings. The second kappa shape index (κ2) is 5.62. The molecule has 0 aliphatic carbocycles. The van der Waals surface area contributed by atoms with E-state index in [0.29, 0.717) is 24.4 Å². The average molecular weight is 296 g/mol. The molecule has 0 spiro atoms. The van der Waals surface area contributed by atoms with E-state index >= 15 is 0 Å². The van der Waals surface area contributed by atoms with E-state index in [-0.39, 0.29) is 5.75 Å². The van der Waals surface area contributed by atoms with Crippen LogP contribution in [0.2, 0.25) is 0 Å². The second-order valence-corrected chi connectivity index (χ2v) is 6.78. The fourth-order valence-corrected chi connectivity index (χ4v) is 2.50. The summed E-state index contributed by atoms with van der Waals surface area (Å²) in [7, 11) is -3.03. The Morgan fingerprint density at radius 3 is 2.85 bits per heavy atom. The number of aromatic amines is 1. The molecule has 108 valence electrons. The molecular formula is C13H16N2O4S. The smallest absolute Gasteiger partial charge is 0.354 e. The maximum Gasteiger partial charge on any atom is 0.354 e. The second-order valence-electron chi connectivity index (χ2n) is 4.52. The van der Waals surface area contributed by atoms with Crippen molar-refractivity contribution in [2.24, 2.45) is 0 Å². The van der Waals surface area contributed by atoms with Crippen molar-refractivity contribution in [1.29, 1.82) is 0 Å². The van der Waals surface area contributed by atoms with Crippen LogP contribution in [0, 0.1) is 0 Å². The SMILES string of the molecule is CCOC(=O)c1cc2c(CCS(C)(=O)=O)ccnc2[nH]1. The van der Waals surface area contributed by atoms with Crippen molar-refractivity contribution in [3.05, 3.63) is 29.6 Å². The zero-order valence-corrected chi connectivity index (χ0v) is 12.2. The molecule has 2 aromatic heterocycles. The Morgan fingerprint density at radius 2 is 2.20 bits per heavy atom. The number of H-pyrrole nitrogens is 1. The summed E-state index contributed by atoms with van der Waals surface area (Å²) in [6.45, 7) is 2.03. The Hall–Kier alpha value is -1.89. The van der Waals surface area contributed by atoms with Crippen LogP contribution in [0.5, 0.6) is 0 Å². The van der Waals surface area contributed by atoms with Crippen molar-refractivity contribution in [1.82, 2.24) is 9.97 Å². The number of pyridine rings is 1. The number of nitrogens with one attached hydrogen (secondary N) is 1. The van der Waals surface area contributed by atoms with E-state index in [0.717, 1.165) is 10.9 Å². The number of nitrogens with zero attached hydrogens (tertiary/aromatic N) is 1. The molecule has 0 radical (unpaired) electrons. The Balaban J connectivity index is 2.34. The van der Waals surface area contributed by atoms with Gasteiger partial charge in [0.2, 0.25) is 0 Å². The Morgan fingerprint density at radius 1 is 1.45 bits per heavy atom. The molecule has 6 nitrogen and oxygen atoms in total. The van der Waals surface area contributed by atoms with Gasteiger partial charge in [-0.25, -0.2) is 18.2 Å². The highest BCUT2D eigenvalue weighted by atomic mass is 32.2. The summed E-state index contributed by atoms with van der Waals surface area (Å²) >= 11 is 0. The molecule has 0 unspecified atom stereocenters. The van der Waals surface area contributed by atoms with Crippen LogP contribution < -0.4 is 0 Å². The number of carbonyl (C=O) groups is 1. The lowest BCUT2D eigenvalue weighted by Gasteiger charge is -2.01. The first-order chi connectivity index (χ1) is 9.40. The van der Waals surface area contributed by atoms with Crippen LogP contribution in [0.15, 0.2) is 18.3 Å². The summed E-state index contributed by atoms with van der Waals surface area (Å²) in [6.07, 6.45) is 3.18. The molecule has 0 saturated heterocycles. The summed E-state index contributed by atoms with van der Waals surface area (Å²) in [5, 5.41) is 0.749. The van der Waals surface area contributed by atoms with Crippen molar-refractivity contribution < 1.29 is 17.9 Å². The van der Waals surface area contributed by atoms with Crippen molar-refractivity contribution in [2.75, 3.05) is 18.6 Å². The van der Waals surface area contributed by atoms with Gasteiger partial charge in [0.15, 0.2) is 0 Å². The number of hydrogen-bond acceptors (Lipinski definition) is 5. The van der Waals surface area contributed by atoms with Crippen LogP contribution in [-0.2, 0) is 21.0 Å². The summed E-state index contributed by atoms with van der Waals surface area (Å²) in [5.74, 6) is -0.383. The highest BCUT2D eigenvalue weighted by Crippen LogP contribution is 2.19. The van der Waals surface area contributed by atoms with Gasteiger partial charge < -0.3 is 9.72 Å². The van der Waals surface area contributed by atoms with E-state index in [1.165, 1.54) is 6.26 Å². The van der Waals surface area contributed by atoms with Gasteiger partial charge in [0.25, 0.3) is 0 Å². The summed E-state index contributed by atoms with van der Waals surface area (Å²) < 4.78 is 27.4. The molecule has 1 N–H and O–H groups in total. The van der Waals surface area contributed by atoms with E-state index < -0.39 is 15.8 Å². The molecule has 0 bridgehead atoms. The monoisotopic (exact) mass is 296 g/mol. The number of esters is 1. The van der Waals surface area contributed by atoms with Gasteiger partial charge in [-0.1, -0.05) is 0 Å². The summed E-state index contributed by atoms with van der Waals surface area (Å²) in [6, 6.07) is 3.41. The molecule has 0 amide bonds. The quantitative estimate of drug-likeness (QED) is 0.841. The third kappa shape index (κ3) is 3.36. The molecule has 0 fully saturated rings. The minimum atomic E-state index is -3.03. The normalized spacial score (nSPS) is 11.7. The molecule has 0 atom stereocenters. The van der Waals surface area contributed by atoms with Gasteiger partial charge in [0.1, 0.15) is 21.2 Å². The van der Waals surface area contributed by atoms with Crippen molar-refractivity contribution in [3.8, 4) is 0 Å². The van der Waals surface area contributed by atoms with Gasteiger partial charge in [0, 0.05) is 17.8 Å². The van der Waals surface area contributed by atoms with Gasteiger partial charge >= 0.3 is 5.97 Å². The minimum Gasteiger partial charge on any atom is -0.461 e. The fraction of sp³-hybridized carbons (Fsp3) is 0.385. The average Bonchev–Trinajstić information content (AvgIpc) is 2.80. The largest absolute Gasteiger partial charge is 0.461 e. The number of hydrogen-bond donors (Lipinski definition) is 1. The van der Waals surface area contributed by atoms with Gasteiger partial charge in [-0.2, -0.15) is 0 Å². The van der Waals surface area contributed by atoms with Gasteiger partial charge in [0.05, 0.1) is 12.4 Å². The van der Waals surface area contributed by atoms with Crippen molar-refractivity contribution >= 4 is 26.8 Å². The molecule has 2 heterocycles. The summed E-state index contributed by atoms with van der Waals surface area (Å²) in [4.78, 5) is 18.7. The van der Waals surface area contributed by atoms with Gasteiger partial charge in [-0.15, -0.1) is 0 Å². The zero-order valence-electron chi connectivity index (χ0n) is 11.3.